The first-order valence-electron chi connectivity index (χ1n) is 7.10. The third-order valence-electron chi connectivity index (χ3n) is 4.22. The van der Waals surface area contributed by atoms with Crippen LogP contribution in [0.2, 0.25) is 0 Å². The summed E-state index contributed by atoms with van der Waals surface area (Å²) >= 11 is 0. The molecule has 0 spiro atoms. The smallest absolute Gasteiger partial charge is 0.329 e. The fraction of sp³-hybridized carbons (Fsp3) is 0.857. The molecule has 2 amide bonds. The summed E-state index contributed by atoms with van der Waals surface area (Å²) in [7, 11) is 0. The van der Waals surface area contributed by atoms with Crippen molar-refractivity contribution in [3.63, 3.8) is 0 Å². The molecule has 19 heavy (non-hydrogen) atoms. The van der Waals surface area contributed by atoms with Crippen molar-refractivity contribution in [2.24, 2.45) is 0 Å². The van der Waals surface area contributed by atoms with Gasteiger partial charge in [0.25, 0.3) is 0 Å². The van der Waals surface area contributed by atoms with Crippen LogP contribution in [0.3, 0.4) is 0 Å². The summed E-state index contributed by atoms with van der Waals surface area (Å²) < 4.78 is 0. The zero-order valence-electron chi connectivity index (χ0n) is 12.6. The molecule has 0 radical (unpaired) electrons. The summed E-state index contributed by atoms with van der Waals surface area (Å²) in [6.45, 7) is 9.50. The zero-order valence-corrected chi connectivity index (χ0v) is 12.6. The van der Waals surface area contributed by atoms with Crippen molar-refractivity contribution < 1.29 is 14.7 Å². The highest BCUT2D eigenvalue weighted by Gasteiger charge is 2.42. The van der Waals surface area contributed by atoms with Crippen LogP contribution in [0.5, 0.6) is 0 Å². The number of urea groups is 1. The number of aliphatic carboxylic acids is 1. The third kappa shape index (κ3) is 2.85. The molecule has 0 aliphatic carbocycles. The van der Waals surface area contributed by atoms with Crippen LogP contribution in [0, 0.1) is 0 Å². The number of amides is 2. The standard InChI is InChI=1S/C14H26N2O3/c1-6-11-9-8-10(3)16(11)13(19)15(7-2)14(4,5)12(17)18/h10-11H,6-9H2,1-5H3,(H,17,18). The predicted octanol–water partition coefficient (Wildman–Crippen LogP) is 2.55. The van der Waals surface area contributed by atoms with Gasteiger partial charge in [-0.1, -0.05) is 6.92 Å². The first-order chi connectivity index (χ1) is 8.77. The predicted molar refractivity (Wildman–Crippen MR) is 74.1 cm³/mol. The van der Waals surface area contributed by atoms with Gasteiger partial charge in [-0.25, -0.2) is 9.59 Å². The minimum atomic E-state index is -1.17. The summed E-state index contributed by atoms with van der Waals surface area (Å²) in [5.74, 6) is -0.970. The molecule has 1 heterocycles. The van der Waals surface area contributed by atoms with E-state index in [9.17, 15) is 14.7 Å². The lowest BCUT2D eigenvalue weighted by Gasteiger charge is -2.40. The molecular weight excluding hydrogens is 244 g/mol. The van der Waals surface area contributed by atoms with Crippen molar-refractivity contribution in [2.45, 2.75) is 71.5 Å². The van der Waals surface area contributed by atoms with Crippen LogP contribution in [-0.2, 0) is 4.79 Å². The summed E-state index contributed by atoms with van der Waals surface area (Å²) in [4.78, 5) is 27.4. The molecule has 2 atom stereocenters. The van der Waals surface area contributed by atoms with Crippen LogP contribution in [0.4, 0.5) is 4.79 Å². The van der Waals surface area contributed by atoms with Crippen molar-refractivity contribution in [1.29, 1.82) is 0 Å². The fourth-order valence-electron chi connectivity index (χ4n) is 2.84. The van der Waals surface area contributed by atoms with E-state index in [1.807, 2.05) is 18.7 Å². The molecule has 0 aromatic rings. The third-order valence-corrected chi connectivity index (χ3v) is 4.22. The maximum atomic E-state index is 12.7. The van der Waals surface area contributed by atoms with E-state index in [2.05, 4.69) is 6.92 Å². The van der Waals surface area contributed by atoms with E-state index in [-0.39, 0.29) is 18.1 Å². The Balaban J connectivity index is 2.99. The molecule has 1 fully saturated rings. The van der Waals surface area contributed by atoms with Crippen molar-refractivity contribution in [1.82, 2.24) is 9.80 Å². The van der Waals surface area contributed by atoms with Crippen molar-refractivity contribution in [3.05, 3.63) is 0 Å². The van der Waals surface area contributed by atoms with Gasteiger partial charge >= 0.3 is 12.0 Å². The number of hydrogen-bond donors (Lipinski definition) is 1. The second-order valence-electron chi connectivity index (χ2n) is 5.79. The van der Waals surface area contributed by atoms with Gasteiger partial charge < -0.3 is 14.9 Å². The molecule has 5 heteroatoms. The van der Waals surface area contributed by atoms with E-state index in [0.717, 1.165) is 19.3 Å². The molecule has 1 aliphatic rings. The maximum Gasteiger partial charge on any atom is 0.329 e. The highest BCUT2D eigenvalue weighted by atomic mass is 16.4. The first kappa shape index (κ1) is 15.8. The molecule has 110 valence electrons. The Kier molecular flexibility index (Phi) is 4.82. The number of carboxylic acids is 1. The van der Waals surface area contributed by atoms with Crippen molar-refractivity contribution in [2.75, 3.05) is 6.54 Å². The molecule has 0 aromatic carbocycles. The van der Waals surface area contributed by atoms with Crippen molar-refractivity contribution in [3.8, 4) is 0 Å². The van der Waals surface area contributed by atoms with Crippen LogP contribution in [-0.4, -0.2) is 51.1 Å². The maximum absolute atomic E-state index is 12.7. The van der Waals surface area contributed by atoms with Gasteiger partial charge in [0, 0.05) is 18.6 Å². The largest absolute Gasteiger partial charge is 0.480 e. The Bertz CT molecular complexity index is 355. The molecule has 1 rings (SSSR count). The Morgan fingerprint density at radius 3 is 2.32 bits per heavy atom. The number of nitrogens with zero attached hydrogens (tertiary/aromatic N) is 2. The lowest BCUT2D eigenvalue weighted by atomic mass is 10.0. The van der Waals surface area contributed by atoms with Gasteiger partial charge in [0.2, 0.25) is 0 Å². The highest BCUT2D eigenvalue weighted by molar-refractivity contribution is 5.86. The SMILES string of the molecule is CCC1CCC(C)N1C(=O)N(CC)C(C)(C)C(=O)O. The number of hydrogen-bond acceptors (Lipinski definition) is 2. The number of likely N-dealkylation sites (N-methyl/N-ethyl adjacent to an activating group) is 1. The van der Waals surface area contributed by atoms with Gasteiger partial charge in [-0.15, -0.1) is 0 Å². The molecule has 1 saturated heterocycles. The van der Waals surface area contributed by atoms with Gasteiger partial charge in [0.05, 0.1) is 0 Å². The molecule has 5 nitrogen and oxygen atoms in total. The Hall–Kier alpha value is -1.26. The minimum absolute atomic E-state index is 0.147. The van der Waals surface area contributed by atoms with Crippen molar-refractivity contribution >= 4 is 12.0 Å². The molecule has 2 unspecified atom stereocenters. The number of carbonyl (C=O) groups excluding carboxylic acids is 1. The van der Waals surface area contributed by atoms with E-state index < -0.39 is 11.5 Å². The van der Waals surface area contributed by atoms with Gasteiger partial charge in [0.15, 0.2) is 0 Å². The van der Waals surface area contributed by atoms with Gasteiger partial charge in [-0.2, -0.15) is 0 Å². The molecule has 0 aromatic heterocycles. The van der Waals surface area contributed by atoms with Crippen LogP contribution in [0.15, 0.2) is 0 Å². The number of carbonyl (C=O) groups is 2. The summed E-state index contributed by atoms with van der Waals surface area (Å²) in [6, 6.07) is 0.281. The van der Waals surface area contributed by atoms with Crippen LogP contribution >= 0.6 is 0 Å². The first-order valence-corrected chi connectivity index (χ1v) is 7.10. The monoisotopic (exact) mass is 270 g/mol. The van der Waals surface area contributed by atoms with Gasteiger partial charge in [-0.05, 0) is 47.0 Å². The summed E-state index contributed by atoms with van der Waals surface area (Å²) in [6.07, 6.45) is 2.92. The number of likely N-dealkylation sites (tertiary alicyclic amines) is 1. The second-order valence-corrected chi connectivity index (χ2v) is 5.79. The zero-order chi connectivity index (χ0) is 14.8. The van der Waals surface area contributed by atoms with E-state index >= 15 is 0 Å². The Morgan fingerprint density at radius 2 is 1.89 bits per heavy atom. The molecule has 0 bridgehead atoms. The average Bonchev–Trinajstić information content (AvgIpc) is 2.70. The number of carboxylic acid groups (broad SMARTS) is 1. The van der Waals surface area contributed by atoms with E-state index in [0.29, 0.717) is 6.54 Å². The molecule has 0 saturated carbocycles. The highest BCUT2D eigenvalue weighted by Crippen LogP contribution is 2.29. The van der Waals surface area contributed by atoms with E-state index in [1.165, 1.54) is 4.90 Å². The molecule has 1 aliphatic heterocycles. The molecular formula is C14H26N2O3. The minimum Gasteiger partial charge on any atom is -0.480 e. The normalized spacial score (nSPS) is 23.5. The van der Waals surface area contributed by atoms with E-state index in [1.54, 1.807) is 13.8 Å². The fourth-order valence-corrected chi connectivity index (χ4v) is 2.84. The number of rotatable bonds is 4. The average molecular weight is 270 g/mol. The lowest BCUT2D eigenvalue weighted by Crippen LogP contribution is -2.58. The summed E-state index contributed by atoms with van der Waals surface area (Å²) in [5.41, 5.74) is -1.17. The molecule has 1 N–H and O–H groups in total. The van der Waals surface area contributed by atoms with Gasteiger partial charge in [0.1, 0.15) is 5.54 Å². The summed E-state index contributed by atoms with van der Waals surface area (Å²) in [5, 5.41) is 9.31. The second kappa shape index (κ2) is 5.80. The van der Waals surface area contributed by atoms with Crippen LogP contribution in [0.25, 0.3) is 0 Å². The quantitative estimate of drug-likeness (QED) is 0.854. The Labute approximate surface area is 115 Å². The van der Waals surface area contributed by atoms with Crippen LogP contribution in [0.1, 0.15) is 53.9 Å². The van der Waals surface area contributed by atoms with E-state index in [4.69, 9.17) is 0 Å². The van der Waals surface area contributed by atoms with Crippen LogP contribution < -0.4 is 0 Å². The topological polar surface area (TPSA) is 60.9 Å². The Morgan fingerprint density at radius 1 is 1.32 bits per heavy atom. The van der Waals surface area contributed by atoms with Gasteiger partial charge in [-0.3, -0.25) is 0 Å². The lowest BCUT2D eigenvalue weighted by molar-refractivity contribution is -0.147.